The molecule has 0 saturated carbocycles. The molecule has 0 aromatic heterocycles. The van der Waals surface area contributed by atoms with Crippen LogP contribution in [0.25, 0.3) is 0 Å². The number of rotatable bonds is 9. The van der Waals surface area contributed by atoms with E-state index < -0.39 is 11.9 Å². The highest BCUT2D eigenvalue weighted by molar-refractivity contribution is 6.37. The SMILES string of the molecule is COc1cc(OC)cc(C(=O)NCC(=O)OCCOc2c(Cl)cccc2Cl)c1. The first-order valence-electron chi connectivity index (χ1n) is 8.18. The zero-order valence-corrected chi connectivity index (χ0v) is 16.8. The molecule has 0 heterocycles. The minimum atomic E-state index is -0.614. The van der Waals surface area contributed by atoms with Gasteiger partial charge in [0.25, 0.3) is 5.91 Å². The van der Waals surface area contributed by atoms with E-state index in [1.807, 2.05) is 0 Å². The maximum atomic E-state index is 12.2. The van der Waals surface area contributed by atoms with Gasteiger partial charge < -0.3 is 24.3 Å². The van der Waals surface area contributed by atoms with E-state index in [2.05, 4.69) is 5.32 Å². The standard InChI is InChI=1S/C19H19Cl2NO6/c1-25-13-8-12(9-14(10-13)26-2)19(24)22-11-17(23)27-6-7-28-18-15(20)4-3-5-16(18)21/h3-5,8-10H,6-7,11H2,1-2H3,(H,22,24). The van der Waals surface area contributed by atoms with Crippen molar-refractivity contribution in [3.8, 4) is 17.2 Å². The van der Waals surface area contributed by atoms with Crippen molar-refractivity contribution in [1.29, 1.82) is 0 Å². The van der Waals surface area contributed by atoms with E-state index in [1.54, 1.807) is 24.3 Å². The third-order valence-electron chi connectivity index (χ3n) is 3.52. The van der Waals surface area contributed by atoms with Crippen LogP contribution in [0.1, 0.15) is 10.4 Å². The Balaban J connectivity index is 1.77. The fraction of sp³-hybridized carbons (Fsp3) is 0.263. The number of methoxy groups -OCH3 is 2. The normalized spacial score (nSPS) is 10.1. The summed E-state index contributed by atoms with van der Waals surface area (Å²) in [7, 11) is 2.96. The number of nitrogens with one attached hydrogen (secondary N) is 1. The number of para-hydroxylation sites is 1. The summed E-state index contributed by atoms with van der Waals surface area (Å²) in [6.45, 7) is -0.259. The van der Waals surface area contributed by atoms with Gasteiger partial charge in [0.1, 0.15) is 31.3 Å². The molecule has 1 amide bonds. The molecule has 0 aliphatic heterocycles. The van der Waals surface area contributed by atoms with Crippen LogP contribution in [0, 0.1) is 0 Å². The van der Waals surface area contributed by atoms with Crippen molar-refractivity contribution < 1.29 is 28.5 Å². The van der Waals surface area contributed by atoms with Gasteiger partial charge in [-0.3, -0.25) is 9.59 Å². The monoisotopic (exact) mass is 427 g/mol. The maximum absolute atomic E-state index is 12.2. The van der Waals surface area contributed by atoms with Crippen molar-refractivity contribution in [3.05, 3.63) is 52.0 Å². The van der Waals surface area contributed by atoms with E-state index >= 15 is 0 Å². The number of hydrogen-bond donors (Lipinski definition) is 1. The van der Waals surface area contributed by atoms with Crippen LogP contribution in [0.4, 0.5) is 0 Å². The van der Waals surface area contributed by atoms with Crippen molar-refractivity contribution in [1.82, 2.24) is 5.32 Å². The van der Waals surface area contributed by atoms with E-state index in [0.717, 1.165) is 0 Å². The van der Waals surface area contributed by atoms with E-state index in [9.17, 15) is 9.59 Å². The van der Waals surface area contributed by atoms with Gasteiger partial charge in [-0.05, 0) is 24.3 Å². The van der Waals surface area contributed by atoms with Crippen LogP contribution < -0.4 is 19.5 Å². The van der Waals surface area contributed by atoms with Gasteiger partial charge >= 0.3 is 5.97 Å². The van der Waals surface area contributed by atoms with E-state index in [-0.39, 0.29) is 19.8 Å². The van der Waals surface area contributed by atoms with E-state index in [4.69, 9.17) is 42.1 Å². The van der Waals surface area contributed by atoms with Gasteiger partial charge in [-0.15, -0.1) is 0 Å². The summed E-state index contributed by atoms with van der Waals surface area (Å²) < 4.78 is 20.6. The molecule has 0 radical (unpaired) electrons. The first-order chi connectivity index (χ1) is 13.4. The number of carbonyl (C=O) groups excluding carboxylic acids is 2. The zero-order valence-electron chi connectivity index (χ0n) is 15.3. The average molecular weight is 428 g/mol. The molecule has 2 aromatic rings. The number of carbonyl (C=O) groups is 2. The van der Waals surface area contributed by atoms with Gasteiger partial charge in [0.2, 0.25) is 0 Å². The molecule has 1 N–H and O–H groups in total. The Labute approximate surface area is 172 Å². The molecule has 0 atom stereocenters. The summed E-state index contributed by atoms with van der Waals surface area (Å²) in [6, 6.07) is 9.67. The molecule has 2 rings (SSSR count). The molecule has 150 valence electrons. The Morgan fingerprint density at radius 1 is 0.964 bits per heavy atom. The topological polar surface area (TPSA) is 83.1 Å². The van der Waals surface area contributed by atoms with Crippen LogP contribution in [-0.2, 0) is 9.53 Å². The fourth-order valence-electron chi connectivity index (χ4n) is 2.16. The molecule has 0 unspecified atom stereocenters. The lowest BCUT2D eigenvalue weighted by Gasteiger charge is -2.11. The summed E-state index contributed by atoms with van der Waals surface area (Å²) in [5.41, 5.74) is 0.292. The van der Waals surface area contributed by atoms with Crippen LogP contribution >= 0.6 is 23.2 Å². The summed E-state index contributed by atoms with van der Waals surface area (Å²) in [6.07, 6.45) is 0. The average Bonchev–Trinajstić information content (AvgIpc) is 2.70. The molecule has 28 heavy (non-hydrogen) atoms. The molecule has 0 aliphatic carbocycles. The Morgan fingerprint density at radius 2 is 1.57 bits per heavy atom. The Hall–Kier alpha value is -2.64. The molecule has 0 saturated heterocycles. The van der Waals surface area contributed by atoms with Gasteiger partial charge in [0, 0.05) is 11.6 Å². The highest BCUT2D eigenvalue weighted by atomic mass is 35.5. The van der Waals surface area contributed by atoms with Crippen molar-refractivity contribution in [2.45, 2.75) is 0 Å². The molecule has 0 aliphatic rings. The van der Waals surface area contributed by atoms with Crippen LogP contribution in [-0.4, -0.2) is 45.9 Å². The van der Waals surface area contributed by atoms with Crippen molar-refractivity contribution in [2.75, 3.05) is 34.0 Å². The molecule has 2 aromatic carbocycles. The quantitative estimate of drug-likeness (QED) is 0.487. The lowest BCUT2D eigenvalue weighted by atomic mass is 10.2. The van der Waals surface area contributed by atoms with E-state index in [0.29, 0.717) is 32.9 Å². The largest absolute Gasteiger partial charge is 0.497 e. The highest BCUT2D eigenvalue weighted by Gasteiger charge is 2.12. The van der Waals surface area contributed by atoms with Gasteiger partial charge in [0.15, 0.2) is 5.75 Å². The number of amides is 1. The molecule has 7 nitrogen and oxygen atoms in total. The second kappa shape index (κ2) is 10.6. The fourth-order valence-corrected chi connectivity index (χ4v) is 2.67. The van der Waals surface area contributed by atoms with Crippen LogP contribution in [0.5, 0.6) is 17.2 Å². The summed E-state index contributed by atoms with van der Waals surface area (Å²) in [5.74, 6) is 0.164. The first-order valence-corrected chi connectivity index (χ1v) is 8.94. The summed E-state index contributed by atoms with van der Waals surface area (Å²) in [4.78, 5) is 24.0. The second-order valence-corrected chi connectivity index (χ2v) is 6.22. The number of halogens is 2. The van der Waals surface area contributed by atoms with Gasteiger partial charge in [-0.25, -0.2) is 0 Å². The number of hydrogen-bond acceptors (Lipinski definition) is 6. The lowest BCUT2D eigenvalue weighted by molar-refractivity contribution is -0.143. The molecule has 0 fully saturated rings. The van der Waals surface area contributed by atoms with Crippen molar-refractivity contribution in [3.63, 3.8) is 0 Å². The molecule has 9 heteroatoms. The predicted octanol–water partition coefficient (Wildman–Crippen LogP) is 3.36. The second-order valence-electron chi connectivity index (χ2n) is 5.40. The van der Waals surface area contributed by atoms with Gasteiger partial charge in [-0.2, -0.15) is 0 Å². The first kappa shape index (κ1) is 21.7. The third-order valence-corrected chi connectivity index (χ3v) is 4.11. The van der Waals surface area contributed by atoms with Crippen molar-refractivity contribution in [2.24, 2.45) is 0 Å². The minimum Gasteiger partial charge on any atom is -0.497 e. The number of esters is 1. The lowest BCUT2D eigenvalue weighted by Crippen LogP contribution is -2.31. The number of benzene rings is 2. The van der Waals surface area contributed by atoms with Gasteiger partial charge in [0.05, 0.1) is 24.3 Å². The summed E-state index contributed by atoms with van der Waals surface area (Å²) in [5, 5.41) is 3.19. The molecular weight excluding hydrogens is 409 g/mol. The molecule has 0 spiro atoms. The minimum absolute atomic E-state index is 0.0246. The predicted molar refractivity (Wildman–Crippen MR) is 105 cm³/mol. The summed E-state index contributed by atoms with van der Waals surface area (Å²) >= 11 is 11.9. The Kier molecular flexibility index (Phi) is 8.22. The molecule has 0 bridgehead atoms. The van der Waals surface area contributed by atoms with Crippen molar-refractivity contribution >= 4 is 35.1 Å². The highest BCUT2D eigenvalue weighted by Crippen LogP contribution is 2.32. The Morgan fingerprint density at radius 3 is 2.14 bits per heavy atom. The zero-order chi connectivity index (χ0) is 20.5. The smallest absolute Gasteiger partial charge is 0.325 e. The van der Waals surface area contributed by atoms with E-state index in [1.165, 1.54) is 26.4 Å². The molecular formula is C19H19Cl2NO6. The Bertz CT molecular complexity index is 801. The van der Waals surface area contributed by atoms with Crippen LogP contribution in [0.2, 0.25) is 10.0 Å². The number of ether oxygens (including phenoxy) is 4. The third kappa shape index (κ3) is 6.21. The maximum Gasteiger partial charge on any atom is 0.325 e. The van der Waals surface area contributed by atoms with Crippen LogP contribution in [0.3, 0.4) is 0 Å². The van der Waals surface area contributed by atoms with Gasteiger partial charge in [-0.1, -0.05) is 29.3 Å². The van der Waals surface area contributed by atoms with Crippen LogP contribution in [0.15, 0.2) is 36.4 Å².